The topological polar surface area (TPSA) is 29.9 Å². The highest BCUT2D eigenvalue weighted by Gasteiger charge is 2.06. The number of halogens is 3. The molecule has 0 spiro atoms. The molecule has 0 bridgehead atoms. The molecule has 1 heterocycles. The van der Waals surface area contributed by atoms with Gasteiger partial charge in [-0.05, 0) is 11.6 Å². The van der Waals surface area contributed by atoms with Crippen molar-refractivity contribution in [2.75, 3.05) is 0 Å². The van der Waals surface area contributed by atoms with Crippen LogP contribution in [0.5, 0.6) is 0 Å². The minimum atomic E-state index is -2.57. The number of nitrogens with zero attached hydrogens (tertiary/aromatic N) is 2. The van der Waals surface area contributed by atoms with Crippen LogP contribution in [0, 0.1) is 0 Å². The molecule has 0 atom stereocenters. The van der Waals surface area contributed by atoms with Gasteiger partial charge in [-0.25, -0.2) is 4.68 Å². The third kappa shape index (κ3) is 4.09. The lowest BCUT2D eigenvalue weighted by atomic mass is 10.2. The summed E-state index contributed by atoms with van der Waals surface area (Å²) in [5.74, 6) is 0. The van der Waals surface area contributed by atoms with Crippen molar-refractivity contribution >= 4 is 12.4 Å². The quantitative estimate of drug-likeness (QED) is 0.908. The maximum atomic E-state index is 12.2. The van der Waals surface area contributed by atoms with Crippen molar-refractivity contribution in [2.45, 2.75) is 19.6 Å². The van der Waals surface area contributed by atoms with Crippen molar-refractivity contribution in [3.63, 3.8) is 0 Å². The minimum absolute atomic E-state index is 0. The summed E-state index contributed by atoms with van der Waals surface area (Å²) in [5, 5.41) is 6.89. The van der Waals surface area contributed by atoms with Crippen LogP contribution in [0.15, 0.2) is 42.6 Å². The summed E-state index contributed by atoms with van der Waals surface area (Å²) in [6.45, 7) is -1.39. The van der Waals surface area contributed by atoms with E-state index >= 15 is 0 Å². The van der Waals surface area contributed by atoms with Crippen LogP contribution in [-0.2, 0) is 13.1 Å². The Balaban J connectivity index is 0.00000162. The van der Waals surface area contributed by atoms with Gasteiger partial charge in [0.25, 0.3) is 0 Å². The molecule has 2 aromatic rings. The average molecular weight is 274 g/mol. The van der Waals surface area contributed by atoms with Crippen LogP contribution < -0.4 is 5.32 Å². The van der Waals surface area contributed by atoms with Crippen molar-refractivity contribution in [1.82, 2.24) is 15.1 Å². The van der Waals surface area contributed by atoms with E-state index in [1.807, 2.05) is 30.3 Å². The fraction of sp³-hybridized carbons (Fsp3) is 0.250. The average Bonchev–Trinajstić information content (AvgIpc) is 2.79. The Hall–Kier alpha value is -1.46. The van der Waals surface area contributed by atoms with E-state index in [0.29, 0.717) is 23.5 Å². The lowest BCUT2D eigenvalue weighted by Gasteiger charge is -2.02. The summed E-state index contributed by atoms with van der Waals surface area (Å²) in [7, 11) is 0. The standard InChI is InChI=1S/C12H13F2N3.ClH/c13-12(14)17-7-6-11(16-17)9-15-8-10-4-2-1-3-5-10;/h1-7,12,15H,8-9H2;1H. The molecule has 0 aliphatic carbocycles. The fourth-order valence-corrected chi connectivity index (χ4v) is 1.51. The molecule has 1 N–H and O–H groups in total. The Bertz CT molecular complexity index is 459. The number of nitrogens with one attached hydrogen (secondary N) is 1. The van der Waals surface area contributed by atoms with Gasteiger partial charge in [0.1, 0.15) is 0 Å². The second kappa shape index (κ2) is 7.08. The van der Waals surface area contributed by atoms with Crippen LogP contribution in [0.3, 0.4) is 0 Å². The SMILES string of the molecule is Cl.FC(F)n1ccc(CNCc2ccccc2)n1. The van der Waals surface area contributed by atoms with Gasteiger partial charge in [0.05, 0.1) is 5.69 Å². The zero-order chi connectivity index (χ0) is 12.1. The van der Waals surface area contributed by atoms with Crippen LogP contribution in [0.25, 0.3) is 0 Å². The van der Waals surface area contributed by atoms with Crippen LogP contribution >= 0.6 is 12.4 Å². The van der Waals surface area contributed by atoms with Crippen molar-refractivity contribution in [2.24, 2.45) is 0 Å². The van der Waals surface area contributed by atoms with E-state index < -0.39 is 6.55 Å². The normalized spacial score (nSPS) is 10.4. The van der Waals surface area contributed by atoms with Gasteiger partial charge in [0, 0.05) is 19.3 Å². The van der Waals surface area contributed by atoms with E-state index in [1.165, 1.54) is 6.20 Å². The van der Waals surface area contributed by atoms with Gasteiger partial charge in [-0.15, -0.1) is 12.4 Å². The highest BCUT2D eigenvalue weighted by molar-refractivity contribution is 5.85. The predicted molar refractivity (Wildman–Crippen MR) is 67.7 cm³/mol. The van der Waals surface area contributed by atoms with Crippen molar-refractivity contribution < 1.29 is 8.78 Å². The van der Waals surface area contributed by atoms with Crippen LogP contribution in [0.4, 0.5) is 8.78 Å². The monoisotopic (exact) mass is 273 g/mol. The number of hydrogen-bond acceptors (Lipinski definition) is 2. The van der Waals surface area contributed by atoms with Crippen molar-refractivity contribution in [1.29, 1.82) is 0 Å². The van der Waals surface area contributed by atoms with E-state index in [2.05, 4.69) is 10.4 Å². The second-order valence-electron chi connectivity index (χ2n) is 3.65. The molecule has 0 radical (unpaired) electrons. The zero-order valence-electron chi connectivity index (χ0n) is 9.59. The summed E-state index contributed by atoms with van der Waals surface area (Å²) in [6, 6.07) is 11.5. The zero-order valence-corrected chi connectivity index (χ0v) is 10.4. The smallest absolute Gasteiger partial charge is 0.307 e. The Labute approximate surface area is 110 Å². The van der Waals surface area contributed by atoms with E-state index in [-0.39, 0.29) is 12.4 Å². The largest absolute Gasteiger partial charge is 0.333 e. The molecule has 0 unspecified atom stereocenters. The van der Waals surface area contributed by atoms with Gasteiger partial charge in [-0.3, -0.25) is 0 Å². The van der Waals surface area contributed by atoms with Crippen LogP contribution in [0.2, 0.25) is 0 Å². The highest BCUT2D eigenvalue weighted by atomic mass is 35.5. The molecule has 0 aliphatic rings. The van der Waals surface area contributed by atoms with Crippen LogP contribution in [0.1, 0.15) is 17.8 Å². The molecule has 98 valence electrons. The Morgan fingerprint density at radius 3 is 2.44 bits per heavy atom. The highest BCUT2D eigenvalue weighted by Crippen LogP contribution is 2.08. The molecule has 0 amide bonds. The predicted octanol–water partition coefficient (Wildman–Crippen LogP) is 2.99. The first-order chi connectivity index (χ1) is 8.25. The van der Waals surface area contributed by atoms with Crippen molar-refractivity contribution in [3.8, 4) is 0 Å². The first kappa shape index (κ1) is 14.6. The Kier molecular flexibility index (Phi) is 5.74. The van der Waals surface area contributed by atoms with Gasteiger partial charge in [-0.2, -0.15) is 13.9 Å². The lowest BCUT2D eigenvalue weighted by Crippen LogP contribution is -2.13. The van der Waals surface area contributed by atoms with Gasteiger partial charge >= 0.3 is 6.55 Å². The molecular formula is C12H14ClF2N3. The van der Waals surface area contributed by atoms with E-state index in [1.54, 1.807) is 6.07 Å². The van der Waals surface area contributed by atoms with Crippen LogP contribution in [-0.4, -0.2) is 9.78 Å². The molecule has 0 fully saturated rings. The molecule has 18 heavy (non-hydrogen) atoms. The number of aromatic nitrogens is 2. The van der Waals surface area contributed by atoms with Gasteiger partial charge in [0.15, 0.2) is 0 Å². The summed E-state index contributed by atoms with van der Waals surface area (Å²) in [4.78, 5) is 0. The summed E-state index contributed by atoms with van der Waals surface area (Å²) in [5.41, 5.74) is 1.77. The van der Waals surface area contributed by atoms with E-state index in [4.69, 9.17) is 0 Å². The lowest BCUT2D eigenvalue weighted by molar-refractivity contribution is 0.0561. The summed E-state index contributed by atoms with van der Waals surface area (Å²) >= 11 is 0. The molecule has 1 aromatic carbocycles. The Morgan fingerprint density at radius 1 is 1.11 bits per heavy atom. The number of rotatable bonds is 5. The molecule has 6 heteroatoms. The van der Waals surface area contributed by atoms with E-state index in [9.17, 15) is 8.78 Å². The first-order valence-corrected chi connectivity index (χ1v) is 5.32. The first-order valence-electron chi connectivity index (χ1n) is 5.32. The summed E-state index contributed by atoms with van der Waals surface area (Å²) < 4.78 is 25.1. The van der Waals surface area contributed by atoms with Gasteiger partial charge in [0.2, 0.25) is 0 Å². The molecule has 1 aromatic heterocycles. The Morgan fingerprint density at radius 2 is 1.83 bits per heavy atom. The minimum Gasteiger partial charge on any atom is -0.307 e. The maximum absolute atomic E-state index is 12.2. The fourth-order valence-electron chi connectivity index (χ4n) is 1.51. The molecule has 2 rings (SSSR count). The third-order valence-electron chi connectivity index (χ3n) is 2.34. The molecule has 0 saturated carbocycles. The molecule has 3 nitrogen and oxygen atoms in total. The van der Waals surface area contributed by atoms with Crippen molar-refractivity contribution in [3.05, 3.63) is 53.9 Å². The van der Waals surface area contributed by atoms with Gasteiger partial charge in [-0.1, -0.05) is 30.3 Å². The molecule has 0 aliphatic heterocycles. The van der Waals surface area contributed by atoms with Gasteiger partial charge < -0.3 is 5.32 Å². The number of hydrogen-bond donors (Lipinski definition) is 1. The third-order valence-corrected chi connectivity index (χ3v) is 2.34. The number of alkyl halides is 2. The molecular weight excluding hydrogens is 260 g/mol. The van der Waals surface area contributed by atoms with E-state index in [0.717, 1.165) is 5.56 Å². The maximum Gasteiger partial charge on any atom is 0.333 e. The molecule has 0 saturated heterocycles. The second-order valence-corrected chi connectivity index (χ2v) is 3.65. The number of benzene rings is 1. The summed E-state index contributed by atoms with van der Waals surface area (Å²) in [6.07, 6.45) is 1.28.